The van der Waals surface area contributed by atoms with Crippen molar-refractivity contribution in [2.75, 3.05) is 0 Å². The molecule has 0 bridgehead atoms. The lowest BCUT2D eigenvalue weighted by Crippen LogP contribution is -1.88. The van der Waals surface area contributed by atoms with Crippen LogP contribution in [0.1, 0.15) is 0 Å². The standard InChI is InChI=1S/C12H10N4O3/c1-16-6-5-7(14-16)11-13-12(19-15-11)10-8(17)3-2-4-9(10)18/h2-6,17-18H,1H3. The fraction of sp³-hybridized carbons (Fsp3) is 0.0833. The summed E-state index contributed by atoms with van der Waals surface area (Å²) in [7, 11) is 1.78. The third-order valence-electron chi connectivity index (χ3n) is 2.60. The summed E-state index contributed by atoms with van der Waals surface area (Å²) in [6, 6.07) is 6.11. The Kier molecular flexibility index (Phi) is 2.45. The summed E-state index contributed by atoms with van der Waals surface area (Å²) in [6.07, 6.45) is 1.75. The molecule has 2 N–H and O–H groups in total. The van der Waals surface area contributed by atoms with Gasteiger partial charge in [-0.15, -0.1) is 0 Å². The quantitative estimate of drug-likeness (QED) is 0.723. The molecule has 1 aromatic carbocycles. The van der Waals surface area contributed by atoms with Crippen molar-refractivity contribution in [3.8, 4) is 34.5 Å². The Morgan fingerprint density at radius 3 is 2.53 bits per heavy atom. The SMILES string of the molecule is Cn1ccc(-c2noc(-c3c(O)cccc3O)n2)n1. The highest BCUT2D eigenvalue weighted by Crippen LogP contribution is 2.36. The van der Waals surface area contributed by atoms with E-state index in [1.54, 1.807) is 24.0 Å². The molecule has 0 amide bonds. The van der Waals surface area contributed by atoms with Crippen molar-refractivity contribution in [1.29, 1.82) is 0 Å². The second-order valence-electron chi connectivity index (χ2n) is 3.97. The summed E-state index contributed by atoms with van der Waals surface area (Å²) >= 11 is 0. The predicted octanol–water partition coefficient (Wildman–Crippen LogP) is 1.55. The van der Waals surface area contributed by atoms with E-state index < -0.39 is 0 Å². The molecule has 0 spiro atoms. The predicted molar refractivity (Wildman–Crippen MR) is 65.3 cm³/mol. The molecule has 0 atom stereocenters. The van der Waals surface area contributed by atoms with Crippen LogP contribution in [-0.2, 0) is 7.05 Å². The van der Waals surface area contributed by atoms with Crippen LogP contribution in [0.25, 0.3) is 23.0 Å². The van der Waals surface area contributed by atoms with Gasteiger partial charge in [-0.05, 0) is 18.2 Å². The molecule has 2 aromatic heterocycles. The van der Waals surface area contributed by atoms with Gasteiger partial charge in [0.15, 0.2) is 0 Å². The molecule has 7 nitrogen and oxygen atoms in total. The third kappa shape index (κ3) is 1.90. The Morgan fingerprint density at radius 2 is 1.89 bits per heavy atom. The highest BCUT2D eigenvalue weighted by molar-refractivity contribution is 5.70. The average molecular weight is 258 g/mol. The van der Waals surface area contributed by atoms with Crippen LogP contribution in [-0.4, -0.2) is 30.1 Å². The monoisotopic (exact) mass is 258 g/mol. The maximum absolute atomic E-state index is 9.72. The van der Waals surface area contributed by atoms with E-state index in [9.17, 15) is 10.2 Å². The smallest absolute Gasteiger partial charge is 0.265 e. The van der Waals surface area contributed by atoms with Crippen LogP contribution in [0.5, 0.6) is 11.5 Å². The van der Waals surface area contributed by atoms with E-state index in [1.165, 1.54) is 18.2 Å². The molecule has 0 aliphatic rings. The molecule has 7 heteroatoms. The first kappa shape index (κ1) is 11.3. The van der Waals surface area contributed by atoms with Gasteiger partial charge in [0.05, 0.1) is 0 Å². The van der Waals surface area contributed by atoms with Gasteiger partial charge < -0.3 is 14.7 Å². The van der Waals surface area contributed by atoms with Crippen molar-refractivity contribution in [3.05, 3.63) is 30.5 Å². The maximum atomic E-state index is 9.72. The Hall–Kier alpha value is -2.83. The molecule has 19 heavy (non-hydrogen) atoms. The molecule has 0 aliphatic heterocycles. The zero-order chi connectivity index (χ0) is 13.4. The van der Waals surface area contributed by atoms with Crippen LogP contribution in [0.4, 0.5) is 0 Å². The lowest BCUT2D eigenvalue weighted by Gasteiger charge is -2.00. The Morgan fingerprint density at radius 1 is 1.16 bits per heavy atom. The Balaban J connectivity index is 2.06. The van der Waals surface area contributed by atoms with E-state index >= 15 is 0 Å². The minimum atomic E-state index is -0.128. The molecular weight excluding hydrogens is 248 g/mol. The minimum absolute atomic E-state index is 0.0382. The minimum Gasteiger partial charge on any atom is -0.507 e. The number of benzene rings is 1. The number of aromatic nitrogens is 4. The van der Waals surface area contributed by atoms with Crippen LogP contribution in [0.2, 0.25) is 0 Å². The number of phenolic OH excluding ortho intramolecular Hbond substituents is 2. The van der Waals surface area contributed by atoms with Gasteiger partial charge in [0, 0.05) is 13.2 Å². The highest BCUT2D eigenvalue weighted by atomic mass is 16.5. The molecule has 3 rings (SSSR count). The summed E-state index contributed by atoms with van der Waals surface area (Å²) in [5.41, 5.74) is 0.657. The molecule has 2 heterocycles. The van der Waals surface area contributed by atoms with Crippen molar-refractivity contribution in [3.63, 3.8) is 0 Å². The lowest BCUT2D eigenvalue weighted by molar-refractivity contribution is 0.415. The number of aromatic hydroxyl groups is 2. The zero-order valence-corrected chi connectivity index (χ0v) is 9.98. The van der Waals surface area contributed by atoms with E-state index in [1.807, 2.05) is 0 Å². The lowest BCUT2D eigenvalue weighted by atomic mass is 10.2. The second-order valence-corrected chi connectivity index (χ2v) is 3.97. The van der Waals surface area contributed by atoms with Gasteiger partial charge in [-0.3, -0.25) is 4.68 Å². The van der Waals surface area contributed by atoms with Crippen LogP contribution >= 0.6 is 0 Å². The summed E-state index contributed by atoms with van der Waals surface area (Å²) < 4.78 is 6.66. The zero-order valence-electron chi connectivity index (χ0n) is 9.98. The van der Waals surface area contributed by atoms with Gasteiger partial charge in [-0.2, -0.15) is 10.1 Å². The van der Waals surface area contributed by atoms with Crippen LogP contribution < -0.4 is 0 Å². The van der Waals surface area contributed by atoms with Crippen LogP contribution in [0.3, 0.4) is 0 Å². The van der Waals surface area contributed by atoms with Crippen molar-refractivity contribution >= 4 is 0 Å². The van der Waals surface area contributed by atoms with Gasteiger partial charge in [-0.1, -0.05) is 11.2 Å². The largest absolute Gasteiger partial charge is 0.507 e. The molecule has 0 saturated carbocycles. The number of hydrogen-bond donors (Lipinski definition) is 2. The second kappa shape index (κ2) is 4.13. The topological polar surface area (TPSA) is 97.2 Å². The van der Waals surface area contributed by atoms with Crippen molar-refractivity contribution < 1.29 is 14.7 Å². The molecular formula is C12H10N4O3. The summed E-state index contributed by atoms with van der Waals surface area (Å²) in [4.78, 5) is 4.11. The van der Waals surface area contributed by atoms with E-state index in [2.05, 4.69) is 15.2 Å². The van der Waals surface area contributed by atoms with Crippen molar-refractivity contribution in [1.82, 2.24) is 19.9 Å². The molecule has 0 radical (unpaired) electrons. The fourth-order valence-electron chi connectivity index (χ4n) is 1.71. The van der Waals surface area contributed by atoms with E-state index in [0.717, 1.165) is 0 Å². The maximum Gasteiger partial charge on any atom is 0.265 e. The summed E-state index contributed by atoms with van der Waals surface area (Å²) in [6.45, 7) is 0. The third-order valence-corrected chi connectivity index (χ3v) is 2.60. The molecule has 3 aromatic rings. The first-order chi connectivity index (χ1) is 9.15. The summed E-state index contributed by atoms with van der Waals surface area (Å²) in [5.74, 6) is 0.0712. The van der Waals surface area contributed by atoms with Gasteiger partial charge in [0.1, 0.15) is 22.8 Å². The fourth-order valence-corrected chi connectivity index (χ4v) is 1.71. The van der Waals surface area contributed by atoms with E-state index in [0.29, 0.717) is 11.5 Å². The molecule has 0 unspecified atom stereocenters. The normalized spacial score (nSPS) is 10.8. The number of nitrogens with zero attached hydrogens (tertiary/aromatic N) is 4. The Labute approximate surface area is 107 Å². The highest BCUT2D eigenvalue weighted by Gasteiger charge is 2.18. The number of phenols is 2. The summed E-state index contributed by atoms with van der Waals surface area (Å²) in [5, 5.41) is 27.4. The van der Waals surface area contributed by atoms with Gasteiger partial charge >= 0.3 is 0 Å². The number of aryl methyl sites for hydroxylation is 1. The molecule has 96 valence electrons. The van der Waals surface area contributed by atoms with Gasteiger partial charge in [0.2, 0.25) is 5.82 Å². The van der Waals surface area contributed by atoms with E-state index in [4.69, 9.17) is 4.52 Å². The average Bonchev–Trinajstić information content (AvgIpc) is 2.98. The first-order valence-electron chi connectivity index (χ1n) is 5.50. The number of hydrogen-bond acceptors (Lipinski definition) is 6. The van der Waals surface area contributed by atoms with Crippen LogP contribution in [0, 0.1) is 0 Å². The molecule has 0 fully saturated rings. The van der Waals surface area contributed by atoms with Crippen molar-refractivity contribution in [2.24, 2.45) is 7.05 Å². The van der Waals surface area contributed by atoms with E-state index in [-0.39, 0.29) is 23.0 Å². The molecule has 0 saturated heterocycles. The Bertz CT molecular complexity index is 712. The van der Waals surface area contributed by atoms with Crippen molar-refractivity contribution in [2.45, 2.75) is 0 Å². The van der Waals surface area contributed by atoms with Crippen LogP contribution in [0.15, 0.2) is 35.0 Å². The van der Waals surface area contributed by atoms with Gasteiger partial charge in [-0.25, -0.2) is 0 Å². The molecule has 0 aliphatic carbocycles. The van der Waals surface area contributed by atoms with Gasteiger partial charge in [0.25, 0.3) is 5.89 Å². The first-order valence-corrected chi connectivity index (χ1v) is 5.50. The number of rotatable bonds is 2.